The number of amidine groups is 1. The van der Waals surface area contributed by atoms with Crippen molar-refractivity contribution in [1.82, 2.24) is 4.72 Å². The zero-order chi connectivity index (χ0) is 14.7. The van der Waals surface area contributed by atoms with Gasteiger partial charge >= 0.3 is 0 Å². The van der Waals surface area contributed by atoms with Gasteiger partial charge in [-0.05, 0) is 12.8 Å². The summed E-state index contributed by atoms with van der Waals surface area (Å²) < 4.78 is 48.2. The van der Waals surface area contributed by atoms with E-state index in [0.29, 0.717) is 12.8 Å². The van der Waals surface area contributed by atoms with Crippen LogP contribution >= 0.6 is 0 Å². The standard InChI is InChI=1S/C9H19N3O5S2/c1-18(14,15)7-19(16,17)12-9(8(10)11-13)5-3-2-4-6-9/h12-13H,2-7H2,1H3,(H2,10,11). The molecule has 0 atom stereocenters. The molecule has 1 rings (SSSR count). The second kappa shape index (κ2) is 5.63. The second-order valence-electron chi connectivity index (χ2n) is 4.89. The van der Waals surface area contributed by atoms with E-state index in [1.54, 1.807) is 0 Å². The Labute approximate surface area is 113 Å². The van der Waals surface area contributed by atoms with Crippen LogP contribution in [0.15, 0.2) is 5.16 Å². The molecule has 1 aliphatic rings. The summed E-state index contributed by atoms with van der Waals surface area (Å²) in [6, 6.07) is 0. The molecule has 0 bridgehead atoms. The fraction of sp³-hybridized carbons (Fsp3) is 0.889. The van der Waals surface area contributed by atoms with E-state index in [1.807, 2.05) is 0 Å². The number of hydrogen-bond acceptors (Lipinski definition) is 6. The molecule has 0 heterocycles. The molecule has 0 saturated heterocycles. The van der Waals surface area contributed by atoms with Gasteiger partial charge in [0.2, 0.25) is 10.0 Å². The molecule has 0 spiro atoms. The van der Waals surface area contributed by atoms with Crippen LogP contribution in [-0.4, -0.2) is 44.8 Å². The molecule has 0 aromatic heterocycles. The minimum absolute atomic E-state index is 0.232. The Morgan fingerprint density at radius 2 is 1.79 bits per heavy atom. The summed E-state index contributed by atoms with van der Waals surface area (Å²) in [6.07, 6.45) is 3.96. The average Bonchev–Trinajstić information content (AvgIpc) is 2.25. The van der Waals surface area contributed by atoms with Gasteiger partial charge in [0.1, 0.15) is 0 Å². The molecule has 0 aromatic carbocycles. The lowest BCUT2D eigenvalue weighted by molar-refractivity contribution is 0.294. The Hall–Kier alpha value is -0.870. The van der Waals surface area contributed by atoms with Crippen molar-refractivity contribution < 1.29 is 22.0 Å². The predicted molar refractivity (Wildman–Crippen MR) is 71.0 cm³/mol. The number of nitrogens with zero attached hydrogens (tertiary/aromatic N) is 1. The SMILES string of the molecule is CS(=O)(=O)CS(=O)(=O)NC1(C(N)=NO)CCCCC1. The zero-order valence-electron chi connectivity index (χ0n) is 10.7. The van der Waals surface area contributed by atoms with Crippen molar-refractivity contribution in [3.8, 4) is 0 Å². The first kappa shape index (κ1) is 16.2. The summed E-state index contributed by atoms with van der Waals surface area (Å²) >= 11 is 0. The summed E-state index contributed by atoms with van der Waals surface area (Å²) in [7, 11) is -7.75. The molecule has 19 heavy (non-hydrogen) atoms. The molecule has 0 aliphatic heterocycles. The van der Waals surface area contributed by atoms with E-state index >= 15 is 0 Å². The van der Waals surface area contributed by atoms with E-state index in [-0.39, 0.29) is 5.84 Å². The average molecular weight is 313 g/mol. The number of sulfonamides is 1. The summed E-state index contributed by atoms with van der Waals surface area (Å²) in [5, 5.41) is 10.7. The van der Waals surface area contributed by atoms with Gasteiger partial charge in [0.05, 0.1) is 5.54 Å². The van der Waals surface area contributed by atoms with Crippen LogP contribution < -0.4 is 10.5 Å². The molecule has 10 heteroatoms. The van der Waals surface area contributed by atoms with Gasteiger partial charge in [-0.2, -0.15) is 0 Å². The van der Waals surface area contributed by atoms with E-state index in [9.17, 15) is 16.8 Å². The minimum Gasteiger partial charge on any atom is -0.409 e. The first-order valence-corrected chi connectivity index (χ1v) is 9.49. The summed E-state index contributed by atoms with van der Waals surface area (Å²) in [5.74, 6) is -0.232. The molecule has 4 N–H and O–H groups in total. The number of sulfone groups is 1. The first-order valence-electron chi connectivity index (χ1n) is 5.78. The van der Waals surface area contributed by atoms with Crippen molar-refractivity contribution >= 4 is 25.7 Å². The second-order valence-corrected chi connectivity index (χ2v) is 9.12. The largest absolute Gasteiger partial charge is 0.409 e. The van der Waals surface area contributed by atoms with Crippen molar-refractivity contribution in [1.29, 1.82) is 0 Å². The fourth-order valence-electron chi connectivity index (χ4n) is 2.27. The molecule has 112 valence electrons. The molecule has 1 fully saturated rings. The Kier molecular flexibility index (Phi) is 4.80. The number of hydrogen-bond donors (Lipinski definition) is 3. The number of nitrogens with one attached hydrogen (secondary N) is 1. The molecule has 0 aromatic rings. The maximum absolute atomic E-state index is 11.9. The predicted octanol–water partition coefficient (Wildman–Crippen LogP) is -0.643. The van der Waals surface area contributed by atoms with Crippen LogP contribution in [0.4, 0.5) is 0 Å². The van der Waals surface area contributed by atoms with Crippen LogP contribution in [0.2, 0.25) is 0 Å². The van der Waals surface area contributed by atoms with Crippen molar-refractivity contribution in [2.45, 2.75) is 37.6 Å². The van der Waals surface area contributed by atoms with Crippen LogP contribution in [0.5, 0.6) is 0 Å². The van der Waals surface area contributed by atoms with Gasteiger partial charge in [0.25, 0.3) is 0 Å². The quantitative estimate of drug-likeness (QED) is 0.267. The molecule has 0 unspecified atom stereocenters. The molecule has 8 nitrogen and oxygen atoms in total. The topological polar surface area (TPSA) is 139 Å². The normalized spacial score (nSPS) is 21.2. The van der Waals surface area contributed by atoms with Gasteiger partial charge in [-0.1, -0.05) is 24.4 Å². The van der Waals surface area contributed by atoms with Crippen molar-refractivity contribution in [2.75, 3.05) is 11.3 Å². The van der Waals surface area contributed by atoms with Gasteiger partial charge in [-0.3, -0.25) is 0 Å². The highest BCUT2D eigenvalue weighted by Crippen LogP contribution is 2.29. The Morgan fingerprint density at radius 1 is 1.26 bits per heavy atom. The first-order chi connectivity index (χ1) is 8.60. The number of oxime groups is 1. The van der Waals surface area contributed by atoms with Gasteiger partial charge in [0, 0.05) is 6.26 Å². The van der Waals surface area contributed by atoms with Crippen LogP contribution in [-0.2, 0) is 19.9 Å². The Bertz CT molecular complexity index is 546. The molecule has 0 amide bonds. The monoisotopic (exact) mass is 313 g/mol. The van der Waals surface area contributed by atoms with Crippen LogP contribution in [0.1, 0.15) is 32.1 Å². The Balaban J connectivity index is 3.02. The molecule has 1 aliphatic carbocycles. The molecular weight excluding hydrogens is 294 g/mol. The van der Waals surface area contributed by atoms with E-state index in [0.717, 1.165) is 25.5 Å². The number of nitrogens with two attached hydrogens (primary N) is 1. The maximum atomic E-state index is 11.9. The molecule has 1 saturated carbocycles. The molecule has 0 radical (unpaired) electrons. The van der Waals surface area contributed by atoms with E-state index in [1.165, 1.54) is 0 Å². The van der Waals surface area contributed by atoms with Gasteiger partial charge < -0.3 is 10.9 Å². The van der Waals surface area contributed by atoms with Crippen molar-refractivity contribution in [3.63, 3.8) is 0 Å². The zero-order valence-corrected chi connectivity index (χ0v) is 12.3. The fourth-order valence-corrected chi connectivity index (χ4v) is 5.66. The summed E-state index contributed by atoms with van der Waals surface area (Å²) in [4.78, 5) is 0. The van der Waals surface area contributed by atoms with Gasteiger partial charge in [-0.15, -0.1) is 0 Å². The lowest BCUT2D eigenvalue weighted by atomic mass is 9.82. The van der Waals surface area contributed by atoms with Crippen LogP contribution in [0, 0.1) is 0 Å². The highest BCUT2D eigenvalue weighted by atomic mass is 32.3. The van der Waals surface area contributed by atoms with Crippen molar-refractivity contribution in [3.05, 3.63) is 0 Å². The number of rotatable bonds is 5. The van der Waals surface area contributed by atoms with Crippen LogP contribution in [0.25, 0.3) is 0 Å². The van der Waals surface area contributed by atoms with E-state index < -0.39 is 30.5 Å². The lowest BCUT2D eigenvalue weighted by Gasteiger charge is -2.36. The van der Waals surface area contributed by atoms with E-state index in [4.69, 9.17) is 10.9 Å². The maximum Gasteiger partial charge on any atom is 0.226 e. The van der Waals surface area contributed by atoms with Gasteiger partial charge in [-0.25, -0.2) is 21.6 Å². The van der Waals surface area contributed by atoms with Crippen molar-refractivity contribution in [2.24, 2.45) is 10.9 Å². The highest BCUT2D eigenvalue weighted by molar-refractivity contribution is 8.06. The Morgan fingerprint density at radius 3 is 2.21 bits per heavy atom. The highest BCUT2D eigenvalue weighted by Gasteiger charge is 2.40. The summed E-state index contributed by atoms with van der Waals surface area (Å²) in [6.45, 7) is 0. The summed E-state index contributed by atoms with van der Waals surface area (Å²) in [5.41, 5.74) is 4.39. The third-order valence-electron chi connectivity index (χ3n) is 3.03. The van der Waals surface area contributed by atoms with Crippen LogP contribution in [0.3, 0.4) is 0 Å². The third kappa shape index (κ3) is 4.62. The van der Waals surface area contributed by atoms with Gasteiger partial charge in [0.15, 0.2) is 20.8 Å². The third-order valence-corrected chi connectivity index (χ3v) is 6.68. The van der Waals surface area contributed by atoms with E-state index in [2.05, 4.69) is 9.88 Å². The minimum atomic E-state index is -4.06. The smallest absolute Gasteiger partial charge is 0.226 e. The lowest BCUT2D eigenvalue weighted by Crippen LogP contribution is -2.59. The molecular formula is C9H19N3O5S2.